The summed E-state index contributed by atoms with van der Waals surface area (Å²) in [6, 6.07) is 9.21. The second-order valence-corrected chi connectivity index (χ2v) is 4.69. The van der Waals surface area contributed by atoms with Crippen molar-refractivity contribution in [2.24, 2.45) is 5.73 Å². The minimum absolute atomic E-state index is 0. The van der Waals surface area contributed by atoms with Crippen molar-refractivity contribution in [1.29, 1.82) is 0 Å². The molecule has 0 bridgehead atoms. The van der Waals surface area contributed by atoms with E-state index in [1.54, 1.807) is 18.9 Å². The van der Waals surface area contributed by atoms with Crippen molar-refractivity contribution in [3.63, 3.8) is 0 Å². The molecule has 0 radical (unpaired) electrons. The molecule has 0 saturated heterocycles. The largest absolute Gasteiger partial charge is 0.393 e. The quantitative estimate of drug-likeness (QED) is 0.826. The van der Waals surface area contributed by atoms with E-state index >= 15 is 0 Å². The summed E-state index contributed by atoms with van der Waals surface area (Å²) in [5.74, 6) is -0.0838. The van der Waals surface area contributed by atoms with Gasteiger partial charge in [-0.1, -0.05) is 30.3 Å². The molecule has 0 aliphatic rings. The Kier molecular flexibility index (Phi) is 8.39. The molecule has 1 unspecified atom stereocenters. The summed E-state index contributed by atoms with van der Waals surface area (Å²) in [6.45, 7) is 2.24. The molecule has 0 spiro atoms. The maximum absolute atomic E-state index is 12.0. The zero-order valence-corrected chi connectivity index (χ0v) is 12.3. The highest BCUT2D eigenvalue weighted by Gasteiger charge is 2.18. The second-order valence-electron chi connectivity index (χ2n) is 4.69. The Morgan fingerprint density at radius 1 is 1.37 bits per heavy atom. The molecule has 0 aliphatic heterocycles. The van der Waals surface area contributed by atoms with Crippen LogP contribution in [0.25, 0.3) is 0 Å². The number of hydrogen-bond acceptors (Lipinski definition) is 3. The third kappa shape index (κ3) is 6.57. The molecule has 4 nitrogen and oxygen atoms in total. The van der Waals surface area contributed by atoms with Crippen molar-refractivity contribution in [3.8, 4) is 0 Å². The number of halogens is 1. The van der Waals surface area contributed by atoms with E-state index < -0.39 is 12.1 Å². The Morgan fingerprint density at radius 3 is 2.47 bits per heavy atom. The van der Waals surface area contributed by atoms with Crippen molar-refractivity contribution in [3.05, 3.63) is 35.9 Å². The van der Waals surface area contributed by atoms with Crippen LogP contribution in [0.15, 0.2) is 30.3 Å². The van der Waals surface area contributed by atoms with Crippen molar-refractivity contribution < 1.29 is 9.90 Å². The number of nitrogens with zero attached hydrogens (tertiary/aromatic N) is 1. The molecule has 19 heavy (non-hydrogen) atoms. The van der Waals surface area contributed by atoms with Crippen LogP contribution in [-0.4, -0.2) is 41.7 Å². The summed E-state index contributed by atoms with van der Waals surface area (Å²) in [7, 11) is 1.72. The molecule has 0 saturated carbocycles. The summed E-state index contributed by atoms with van der Waals surface area (Å²) < 4.78 is 0. The summed E-state index contributed by atoms with van der Waals surface area (Å²) in [5, 5.41) is 9.19. The van der Waals surface area contributed by atoms with Crippen molar-refractivity contribution in [2.45, 2.75) is 31.9 Å². The number of aliphatic hydroxyl groups is 1. The molecule has 1 amide bonds. The second kappa shape index (κ2) is 8.91. The van der Waals surface area contributed by atoms with Gasteiger partial charge < -0.3 is 15.7 Å². The van der Waals surface area contributed by atoms with Gasteiger partial charge in [-0.3, -0.25) is 4.79 Å². The van der Waals surface area contributed by atoms with Crippen molar-refractivity contribution >= 4 is 18.3 Å². The van der Waals surface area contributed by atoms with E-state index in [-0.39, 0.29) is 18.3 Å². The van der Waals surface area contributed by atoms with Crippen LogP contribution < -0.4 is 5.73 Å². The van der Waals surface area contributed by atoms with Gasteiger partial charge in [0.2, 0.25) is 5.91 Å². The van der Waals surface area contributed by atoms with E-state index in [0.717, 1.165) is 5.56 Å². The molecule has 108 valence electrons. The monoisotopic (exact) mass is 286 g/mol. The Hall–Kier alpha value is -1.10. The fourth-order valence-corrected chi connectivity index (χ4v) is 1.73. The van der Waals surface area contributed by atoms with Gasteiger partial charge in [-0.2, -0.15) is 0 Å². The zero-order valence-electron chi connectivity index (χ0n) is 11.5. The van der Waals surface area contributed by atoms with Crippen LogP contribution in [0.2, 0.25) is 0 Å². The lowest BCUT2D eigenvalue weighted by Crippen LogP contribution is -2.43. The third-order valence-electron chi connectivity index (χ3n) is 2.87. The van der Waals surface area contributed by atoms with Crippen LogP contribution in [0.4, 0.5) is 0 Å². The number of hydrogen-bond donors (Lipinski definition) is 2. The average molecular weight is 287 g/mol. The Labute approximate surface area is 121 Å². The predicted molar refractivity (Wildman–Crippen MR) is 79.3 cm³/mol. The van der Waals surface area contributed by atoms with E-state index in [4.69, 9.17) is 5.73 Å². The highest BCUT2D eigenvalue weighted by Crippen LogP contribution is 2.04. The molecule has 0 heterocycles. The lowest BCUT2D eigenvalue weighted by molar-refractivity contribution is -0.131. The van der Waals surface area contributed by atoms with Crippen LogP contribution >= 0.6 is 12.4 Å². The first-order valence-electron chi connectivity index (χ1n) is 6.23. The van der Waals surface area contributed by atoms with Crippen LogP contribution in [0, 0.1) is 0 Å². The molecule has 0 aromatic heterocycles. The molecule has 1 aromatic carbocycles. The fraction of sp³-hybridized carbons (Fsp3) is 0.500. The molecular formula is C14H23ClN2O2. The van der Waals surface area contributed by atoms with Crippen LogP contribution in [0.5, 0.6) is 0 Å². The molecule has 1 rings (SSSR count). The number of rotatable bonds is 6. The number of likely N-dealkylation sites (N-methyl/N-ethyl adjacent to an activating group) is 1. The SMILES string of the molecule is CC(O)CCN(C)C(=O)[C@@H](N)Cc1ccccc1.Cl. The molecule has 0 fully saturated rings. The Morgan fingerprint density at radius 2 is 1.95 bits per heavy atom. The lowest BCUT2D eigenvalue weighted by Gasteiger charge is -2.22. The van der Waals surface area contributed by atoms with Gasteiger partial charge in [0.1, 0.15) is 0 Å². The normalized spacial score (nSPS) is 13.3. The van der Waals surface area contributed by atoms with Gasteiger partial charge in [0.15, 0.2) is 0 Å². The van der Waals surface area contributed by atoms with Crippen molar-refractivity contribution in [2.75, 3.05) is 13.6 Å². The molecular weight excluding hydrogens is 264 g/mol. The number of carbonyl (C=O) groups is 1. The first kappa shape index (κ1) is 17.9. The van der Waals surface area contributed by atoms with Gasteiger partial charge in [-0.05, 0) is 25.3 Å². The van der Waals surface area contributed by atoms with E-state index in [1.807, 2.05) is 30.3 Å². The summed E-state index contributed by atoms with van der Waals surface area (Å²) in [6.07, 6.45) is 0.713. The summed E-state index contributed by atoms with van der Waals surface area (Å²) >= 11 is 0. The maximum atomic E-state index is 12.0. The van der Waals surface area contributed by atoms with E-state index in [9.17, 15) is 9.90 Å². The molecule has 0 aliphatic carbocycles. The molecule has 2 atom stereocenters. The number of amides is 1. The summed E-state index contributed by atoms with van der Waals surface area (Å²) in [5.41, 5.74) is 6.96. The Bertz CT molecular complexity index is 371. The molecule has 5 heteroatoms. The lowest BCUT2D eigenvalue weighted by atomic mass is 10.1. The van der Waals surface area contributed by atoms with E-state index in [2.05, 4.69) is 0 Å². The smallest absolute Gasteiger partial charge is 0.239 e. The van der Waals surface area contributed by atoms with Crippen LogP contribution in [-0.2, 0) is 11.2 Å². The van der Waals surface area contributed by atoms with Gasteiger partial charge in [-0.15, -0.1) is 12.4 Å². The zero-order chi connectivity index (χ0) is 13.5. The average Bonchev–Trinajstić information content (AvgIpc) is 2.36. The van der Waals surface area contributed by atoms with E-state index in [0.29, 0.717) is 19.4 Å². The first-order chi connectivity index (χ1) is 8.50. The maximum Gasteiger partial charge on any atom is 0.239 e. The van der Waals surface area contributed by atoms with Crippen LogP contribution in [0.1, 0.15) is 18.9 Å². The van der Waals surface area contributed by atoms with Gasteiger partial charge >= 0.3 is 0 Å². The molecule has 3 N–H and O–H groups in total. The van der Waals surface area contributed by atoms with Gasteiger partial charge in [0.25, 0.3) is 0 Å². The van der Waals surface area contributed by atoms with Gasteiger partial charge in [0.05, 0.1) is 12.1 Å². The molecule has 1 aromatic rings. The predicted octanol–water partition coefficient (Wildman–Crippen LogP) is 1.21. The topological polar surface area (TPSA) is 66.6 Å². The number of nitrogens with two attached hydrogens (primary N) is 1. The standard InChI is InChI=1S/C14H22N2O2.ClH/c1-11(17)8-9-16(2)14(18)13(15)10-12-6-4-3-5-7-12;/h3-7,11,13,17H,8-10,15H2,1-2H3;1H/t11?,13-;/m0./s1. The minimum Gasteiger partial charge on any atom is -0.393 e. The summed E-state index contributed by atoms with van der Waals surface area (Å²) in [4.78, 5) is 13.6. The highest BCUT2D eigenvalue weighted by atomic mass is 35.5. The first-order valence-corrected chi connectivity index (χ1v) is 6.23. The minimum atomic E-state index is -0.522. The van der Waals surface area contributed by atoms with Crippen molar-refractivity contribution in [1.82, 2.24) is 4.90 Å². The highest BCUT2D eigenvalue weighted by molar-refractivity contribution is 5.85. The van der Waals surface area contributed by atoms with E-state index in [1.165, 1.54) is 0 Å². The van der Waals surface area contributed by atoms with Gasteiger partial charge in [0, 0.05) is 13.6 Å². The third-order valence-corrected chi connectivity index (χ3v) is 2.87. The van der Waals surface area contributed by atoms with Crippen LogP contribution in [0.3, 0.4) is 0 Å². The van der Waals surface area contributed by atoms with Gasteiger partial charge in [-0.25, -0.2) is 0 Å². The number of benzene rings is 1. The number of aliphatic hydroxyl groups excluding tert-OH is 1. The fourth-order valence-electron chi connectivity index (χ4n) is 1.73. The number of carbonyl (C=O) groups excluding carboxylic acids is 1. The Balaban J connectivity index is 0.00000324.